The predicted octanol–water partition coefficient (Wildman–Crippen LogP) is 3.42. The zero-order chi connectivity index (χ0) is 19.1. The van der Waals surface area contributed by atoms with E-state index in [1.165, 1.54) is 0 Å². The number of nitrogens with zero attached hydrogens (tertiary/aromatic N) is 2. The van der Waals surface area contributed by atoms with Gasteiger partial charge in [0, 0.05) is 12.1 Å². The molecule has 1 aromatic carbocycles. The van der Waals surface area contributed by atoms with Gasteiger partial charge < -0.3 is 9.15 Å². The number of furan rings is 1. The maximum atomic E-state index is 12.2. The Morgan fingerprint density at radius 2 is 2.04 bits per heavy atom. The standard InChI is InChI=1S/C20H25N3O3/c1-14-8-5-6-9-18(14)25-11-7-10-23(4)13-19(24)22-20-17(12-21)15(2)16(3)26-20/h5-6,8-9H,7,10-11,13H2,1-4H3,(H,22,24). The number of anilines is 1. The number of carbonyl (C=O) groups excluding carboxylic acids is 1. The van der Waals surface area contributed by atoms with Crippen molar-refractivity contribution in [3.05, 3.63) is 46.7 Å². The maximum absolute atomic E-state index is 12.2. The minimum Gasteiger partial charge on any atom is -0.493 e. The molecule has 1 N–H and O–H groups in total. The molecule has 1 heterocycles. The lowest BCUT2D eigenvalue weighted by molar-refractivity contribution is -0.117. The Morgan fingerprint density at radius 1 is 1.31 bits per heavy atom. The molecule has 138 valence electrons. The van der Waals surface area contributed by atoms with E-state index in [0.29, 0.717) is 17.9 Å². The predicted molar refractivity (Wildman–Crippen MR) is 100 cm³/mol. The molecule has 1 aromatic heterocycles. The van der Waals surface area contributed by atoms with Gasteiger partial charge in [-0.15, -0.1) is 0 Å². The first-order valence-corrected chi connectivity index (χ1v) is 8.59. The van der Waals surface area contributed by atoms with Crippen molar-refractivity contribution < 1.29 is 13.9 Å². The summed E-state index contributed by atoms with van der Waals surface area (Å²) in [6, 6.07) is 9.96. The van der Waals surface area contributed by atoms with Crippen molar-refractivity contribution in [1.29, 1.82) is 5.26 Å². The van der Waals surface area contributed by atoms with E-state index in [1.54, 1.807) is 13.8 Å². The smallest absolute Gasteiger partial charge is 0.240 e. The van der Waals surface area contributed by atoms with E-state index < -0.39 is 0 Å². The monoisotopic (exact) mass is 355 g/mol. The van der Waals surface area contributed by atoms with Crippen LogP contribution in [-0.2, 0) is 4.79 Å². The van der Waals surface area contributed by atoms with Crippen LogP contribution in [0.25, 0.3) is 0 Å². The Hall–Kier alpha value is -2.78. The maximum Gasteiger partial charge on any atom is 0.240 e. The molecule has 0 aliphatic carbocycles. The third kappa shape index (κ3) is 5.11. The van der Waals surface area contributed by atoms with Crippen molar-refractivity contribution in [2.75, 3.05) is 32.1 Å². The van der Waals surface area contributed by atoms with Crippen molar-refractivity contribution in [3.63, 3.8) is 0 Å². The average molecular weight is 355 g/mol. The van der Waals surface area contributed by atoms with Gasteiger partial charge in [0.25, 0.3) is 0 Å². The van der Waals surface area contributed by atoms with Gasteiger partial charge >= 0.3 is 0 Å². The lowest BCUT2D eigenvalue weighted by Crippen LogP contribution is -2.31. The van der Waals surface area contributed by atoms with Gasteiger partial charge in [-0.2, -0.15) is 5.26 Å². The van der Waals surface area contributed by atoms with Crippen LogP contribution in [-0.4, -0.2) is 37.6 Å². The quantitative estimate of drug-likeness (QED) is 0.734. The number of benzene rings is 1. The van der Waals surface area contributed by atoms with Gasteiger partial charge in [-0.25, -0.2) is 0 Å². The van der Waals surface area contributed by atoms with E-state index in [1.807, 2.05) is 43.1 Å². The van der Waals surface area contributed by atoms with Gasteiger partial charge in [-0.1, -0.05) is 18.2 Å². The van der Waals surface area contributed by atoms with Crippen LogP contribution in [0.4, 0.5) is 5.88 Å². The Morgan fingerprint density at radius 3 is 2.73 bits per heavy atom. The third-order valence-electron chi connectivity index (χ3n) is 4.20. The number of hydrogen-bond donors (Lipinski definition) is 1. The normalized spacial score (nSPS) is 10.6. The number of carbonyl (C=O) groups is 1. The molecular formula is C20H25N3O3. The van der Waals surface area contributed by atoms with Gasteiger partial charge in [0.2, 0.25) is 11.8 Å². The lowest BCUT2D eigenvalue weighted by Gasteiger charge is -2.16. The number of nitriles is 1. The fraction of sp³-hybridized carbons (Fsp3) is 0.400. The average Bonchev–Trinajstić information content (AvgIpc) is 2.86. The van der Waals surface area contributed by atoms with Crippen LogP contribution in [0, 0.1) is 32.1 Å². The summed E-state index contributed by atoms with van der Waals surface area (Å²) >= 11 is 0. The molecule has 0 spiro atoms. The van der Waals surface area contributed by atoms with Crippen molar-refractivity contribution in [2.45, 2.75) is 27.2 Å². The van der Waals surface area contributed by atoms with Gasteiger partial charge in [0.05, 0.1) is 13.2 Å². The molecule has 2 aromatic rings. The summed E-state index contributed by atoms with van der Waals surface area (Å²) in [5.74, 6) is 1.54. The van der Waals surface area contributed by atoms with Gasteiger partial charge in [0.1, 0.15) is 23.1 Å². The van der Waals surface area contributed by atoms with E-state index in [-0.39, 0.29) is 18.3 Å². The summed E-state index contributed by atoms with van der Waals surface area (Å²) in [7, 11) is 1.87. The molecule has 0 atom stereocenters. The fourth-order valence-corrected chi connectivity index (χ4v) is 2.57. The van der Waals surface area contributed by atoms with Gasteiger partial charge in [-0.05, 0) is 45.9 Å². The first kappa shape index (κ1) is 19.5. The van der Waals surface area contributed by atoms with Crippen LogP contribution in [0.2, 0.25) is 0 Å². The molecular weight excluding hydrogens is 330 g/mol. The van der Waals surface area contributed by atoms with E-state index in [0.717, 1.165) is 29.8 Å². The Balaban J connectivity index is 1.75. The van der Waals surface area contributed by atoms with Crippen LogP contribution in [0.1, 0.15) is 28.9 Å². The highest BCUT2D eigenvalue weighted by Crippen LogP contribution is 2.25. The number of ether oxygens (including phenoxy) is 1. The van der Waals surface area contributed by atoms with Gasteiger partial charge in [-0.3, -0.25) is 15.0 Å². The second-order valence-electron chi connectivity index (χ2n) is 6.35. The molecule has 0 unspecified atom stereocenters. The van der Waals surface area contributed by atoms with Crippen LogP contribution in [0.3, 0.4) is 0 Å². The first-order valence-electron chi connectivity index (χ1n) is 8.59. The zero-order valence-corrected chi connectivity index (χ0v) is 15.8. The number of hydrogen-bond acceptors (Lipinski definition) is 5. The summed E-state index contributed by atoms with van der Waals surface area (Å²) < 4.78 is 11.2. The molecule has 0 radical (unpaired) electrons. The minimum atomic E-state index is -0.211. The van der Waals surface area contributed by atoms with E-state index in [2.05, 4.69) is 11.4 Å². The Bertz CT molecular complexity index is 805. The third-order valence-corrected chi connectivity index (χ3v) is 4.20. The number of likely N-dealkylation sites (N-methyl/N-ethyl adjacent to an activating group) is 1. The lowest BCUT2D eigenvalue weighted by atomic mass is 10.2. The number of aryl methyl sites for hydroxylation is 2. The number of para-hydroxylation sites is 1. The second kappa shape index (κ2) is 9.07. The number of amides is 1. The summed E-state index contributed by atoms with van der Waals surface area (Å²) in [4.78, 5) is 14.1. The molecule has 6 heteroatoms. The Labute approximate surface area is 154 Å². The Kier molecular flexibility index (Phi) is 6.81. The highest BCUT2D eigenvalue weighted by molar-refractivity contribution is 5.92. The molecule has 0 saturated heterocycles. The summed E-state index contributed by atoms with van der Waals surface area (Å²) in [5.41, 5.74) is 2.24. The summed E-state index contributed by atoms with van der Waals surface area (Å²) in [6.07, 6.45) is 0.806. The molecule has 1 amide bonds. The second-order valence-corrected chi connectivity index (χ2v) is 6.35. The molecule has 0 aliphatic heterocycles. The van der Waals surface area contributed by atoms with Crippen molar-refractivity contribution in [1.82, 2.24) is 4.90 Å². The fourth-order valence-electron chi connectivity index (χ4n) is 2.57. The van der Waals surface area contributed by atoms with E-state index in [4.69, 9.17) is 9.15 Å². The molecule has 2 rings (SSSR count). The van der Waals surface area contributed by atoms with Crippen LogP contribution >= 0.6 is 0 Å². The van der Waals surface area contributed by atoms with Crippen molar-refractivity contribution in [3.8, 4) is 11.8 Å². The molecule has 0 aliphatic rings. The molecule has 0 fully saturated rings. The molecule has 0 bridgehead atoms. The molecule has 6 nitrogen and oxygen atoms in total. The van der Waals surface area contributed by atoms with E-state index >= 15 is 0 Å². The first-order chi connectivity index (χ1) is 12.4. The number of nitrogens with one attached hydrogen (secondary N) is 1. The topological polar surface area (TPSA) is 78.5 Å². The summed E-state index contributed by atoms with van der Waals surface area (Å²) in [6.45, 7) is 7.11. The molecule has 0 saturated carbocycles. The number of rotatable bonds is 8. The van der Waals surface area contributed by atoms with E-state index in [9.17, 15) is 10.1 Å². The van der Waals surface area contributed by atoms with Crippen molar-refractivity contribution >= 4 is 11.8 Å². The van der Waals surface area contributed by atoms with Crippen LogP contribution in [0.5, 0.6) is 5.75 Å². The highest BCUT2D eigenvalue weighted by Gasteiger charge is 2.17. The largest absolute Gasteiger partial charge is 0.493 e. The summed E-state index contributed by atoms with van der Waals surface area (Å²) in [5, 5.41) is 11.9. The zero-order valence-electron chi connectivity index (χ0n) is 15.8. The van der Waals surface area contributed by atoms with Crippen molar-refractivity contribution in [2.24, 2.45) is 0 Å². The van der Waals surface area contributed by atoms with Gasteiger partial charge in [0.15, 0.2) is 0 Å². The van der Waals surface area contributed by atoms with Crippen LogP contribution < -0.4 is 10.1 Å². The minimum absolute atomic E-state index is 0.211. The molecule has 26 heavy (non-hydrogen) atoms. The highest BCUT2D eigenvalue weighted by atomic mass is 16.5. The van der Waals surface area contributed by atoms with Crippen LogP contribution in [0.15, 0.2) is 28.7 Å². The SMILES string of the molecule is Cc1ccccc1OCCCN(C)CC(=O)Nc1oc(C)c(C)c1C#N.